The predicted octanol–water partition coefficient (Wildman–Crippen LogP) is -0.910. The second-order valence-electron chi connectivity index (χ2n) is 4.13. The minimum absolute atomic E-state index is 0.0278. The minimum atomic E-state index is -3.12. The summed E-state index contributed by atoms with van der Waals surface area (Å²) < 4.78 is 25.1. The van der Waals surface area contributed by atoms with E-state index in [9.17, 15) is 13.2 Å². The first-order chi connectivity index (χ1) is 8.01. The van der Waals surface area contributed by atoms with Crippen molar-refractivity contribution in [2.45, 2.75) is 13.3 Å². The topological polar surface area (TPSA) is 69.7 Å². The molecule has 1 heterocycles. The molecule has 0 spiro atoms. The standard InChI is InChI=1S/C10H21N3O3S/c1-3-8-17(15,16)13-6-4-12(5-7-13)10(14)9-11-2/h11H,3-9H2,1-2H3. The molecule has 1 aliphatic rings. The Kier molecular flexibility index (Phi) is 5.35. The van der Waals surface area contributed by atoms with Crippen molar-refractivity contribution >= 4 is 15.9 Å². The third-order valence-electron chi connectivity index (χ3n) is 2.77. The molecule has 7 heteroatoms. The van der Waals surface area contributed by atoms with E-state index in [-0.39, 0.29) is 11.7 Å². The molecule has 0 aliphatic carbocycles. The largest absolute Gasteiger partial charge is 0.339 e. The molecule has 100 valence electrons. The van der Waals surface area contributed by atoms with Crippen LogP contribution in [-0.4, -0.2) is 69.1 Å². The summed E-state index contributed by atoms with van der Waals surface area (Å²) >= 11 is 0. The molecule has 0 radical (unpaired) electrons. The van der Waals surface area contributed by atoms with Gasteiger partial charge in [0.2, 0.25) is 15.9 Å². The number of hydrogen-bond donors (Lipinski definition) is 1. The molecule has 0 aromatic rings. The third-order valence-corrected chi connectivity index (χ3v) is 4.85. The smallest absolute Gasteiger partial charge is 0.236 e. The first kappa shape index (κ1) is 14.4. The lowest BCUT2D eigenvalue weighted by Crippen LogP contribution is -2.52. The Bertz CT molecular complexity index is 348. The van der Waals surface area contributed by atoms with Crippen molar-refractivity contribution in [2.24, 2.45) is 0 Å². The summed E-state index contributed by atoms with van der Waals surface area (Å²) in [6.07, 6.45) is 0.626. The number of nitrogens with one attached hydrogen (secondary N) is 1. The maximum absolute atomic E-state index is 11.8. The molecule has 6 nitrogen and oxygen atoms in total. The number of amides is 1. The molecular formula is C10H21N3O3S. The van der Waals surface area contributed by atoms with Crippen LogP contribution in [0, 0.1) is 0 Å². The molecule has 1 amide bonds. The summed E-state index contributed by atoms with van der Waals surface area (Å²) in [6.45, 7) is 3.97. The lowest BCUT2D eigenvalue weighted by molar-refractivity contribution is -0.131. The highest BCUT2D eigenvalue weighted by molar-refractivity contribution is 7.89. The first-order valence-corrected chi connectivity index (χ1v) is 7.52. The van der Waals surface area contributed by atoms with Gasteiger partial charge in [-0.25, -0.2) is 8.42 Å². The van der Waals surface area contributed by atoms with Crippen molar-refractivity contribution in [3.8, 4) is 0 Å². The van der Waals surface area contributed by atoms with E-state index in [4.69, 9.17) is 0 Å². The van der Waals surface area contributed by atoms with Crippen LogP contribution in [0.15, 0.2) is 0 Å². The van der Waals surface area contributed by atoms with Gasteiger partial charge in [0.15, 0.2) is 0 Å². The van der Waals surface area contributed by atoms with Gasteiger partial charge >= 0.3 is 0 Å². The van der Waals surface area contributed by atoms with Crippen LogP contribution in [0.1, 0.15) is 13.3 Å². The van der Waals surface area contributed by atoms with Crippen LogP contribution in [0.3, 0.4) is 0 Å². The number of piperazine rings is 1. The van der Waals surface area contributed by atoms with Crippen LogP contribution in [0.25, 0.3) is 0 Å². The molecule has 1 saturated heterocycles. The second kappa shape index (κ2) is 6.32. The molecule has 0 aromatic carbocycles. The molecule has 0 bridgehead atoms. The minimum Gasteiger partial charge on any atom is -0.339 e. The van der Waals surface area contributed by atoms with Gasteiger partial charge in [0.05, 0.1) is 12.3 Å². The highest BCUT2D eigenvalue weighted by Gasteiger charge is 2.27. The summed E-state index contributed by atoms with van der Waals surface area (Å²) in [4.78, 5) is 13.3. The van der Waals surface area contributed by atoms with E-state index in [0.717, 1.165) is 0 Å². The average Bonchev–Trinajstić information content (AvgIpc) is 2.29. The molecule has 0 aromatic heterocycles. The van der Waals surface area contributed by atoms with E-state index in [1.165, 1.54) is 4.31 Å². The van der Waals surface area contributed by atoms with Crippen molar-refractivity contribution < 1.29 is 13.2 Å². The van der Waals surface area contributed by atoms with Crippen molar-refractivity contribution in [2.75, 3.05) is 45.5 Å². The zero-order valence-electron chi connectivity index (χ0n) is 10.5. The van der Waals surface area contributed by atoms with Gasteiger partial charge in [0.25, 0.3) is 0 Å². The van der Waals surface area contributed by atoms with Crippen LogP contribution >= 0.6 is 0 Å². The number of carbonyl (C=O) groups is 1. The van der Waals surface area contributed by atoms with E-state index in [0.29, 0.717) is 39.1 Å². The molecular weight excluding hydrogens is 242 g/mol. The van der Waals surface area contributed by atoms with Gasteiger partial charge in [-0.2, -0.15) is 4.31 Å². The summed E-state index contributed by atoms with van der Waals surface area (Å²) in [5.41, 5.74) is 0. The van der Waals surface area contributed by atoms with Crippen molar-refractivity contribution in [1.29, 1.82) is 0 Å². The number of rotatable bonds is 5. The van der Waals surface area contributed by atoms with Crippen LogP contribution in [0.4, 0.5) is 0 Å². The zero-order valence-corrected chi connectivity index (χ0v) is 11.3. The van der Waals surface area contributed by atoms with E-state index in [1.807, 2.05) is 6.92 Å². The fraction of sp³-hybridized carbons (Fsp3) is 0.900. The second-order valence-corrected chi connectivity index (χ2v) is 6.21. The number of nitrogens with zero attached hydrogens (tertiary/aromatic N) is 2. The van der Waals surface area contributed by atoms with E-state index in [1.54, 1.807) is 11.9 Å². The Morgan fingerprint density at radius 1 is 1.24 bits per heavy atom. The van der Waals surface area contributed by atoms with E-state index < -0.39 is 10.0 Å². The summed E-state index contributed by atoms with van der Waals surface area (Å²) in [6, 6.07) is 0. The highest BCUT2D eigenvalue weighted by Crippen LogP contribution is 2.09. The van der Waals surface area contributed by atoms with Crippen molar-refractivity contribution in [3.05, 3.63) is 0 Å². The summed E-state index contributed by atoms with van der Waals surface area (Å²) in [5, 5.41) is 2.80. The highest BCUT2D eigenvalue weighted by atomic mass is 32.2. The quantitative estimate of drug-likeness (QED) is 0.697. The van der Waals surface area contributed by atoms with Crippen LogP contribution < -0.4 is 5.32 Å². The van der Waals surface area contributed by atoms with Gasteiger partial charge in [0, 0.05) is 26.2 Å². The van der Waals surface area contributed by atoms with Crippen LogP contribution in [0.5, 0.6) is 0 Å². The van der Waals surface area contributed by atoms with E-state index >= 15 is 0 Å². The average molecular weight is 263 g/mol. The van der Waals surface area contributed by atoms with E-state index in [2.05, 4.69) is 5.32 Å². The fourth-order valence-corrected chi connectivity index (χ4v) is 3.36. The first-order valence-electron chi connectivity index (χ1n) is 5.91. The molecule has 0 unspecified atom stereocenters. The maximum atomic E-state index is 11.8. The van der Waals surface area contributed by atoms with Crippen molar-refractivity contribution in [1.82, 2.24) is 14.5 Å². The molecule has 17 heavy (non-hydrogen) atoms. The fourth-order valence-electron chi connectivity index (χ4n) is 1.87. The van der Waals surface area contributed by atoms with Gasteiger partial charge in [-0.1, -0.05) is 6.92 Å². The summed E-state index contributed by atoms with van der Waals surface area (Å²) in [5.74, 6) is 0.220. The maximum Gasteiger partial charge on any atom is 0.236 e. The Labute approximate surface area is 103 Å². The van der Waals surface area contributed by atoms with Crippen LogP contribution in [0.2, 0.25) is 0 Å². The molecule has 1 aliphatic heterocycles. The molecule has 1 fully saturated rings. The molecule has 0 saturated carbocycles. The Balaban J connectivity index is 2.48. The SMILES string of the molecule is CCCS(=O)(=O)N1CCN(C(=O)CNC)CC1. The number of hydrogen-bond acceptors (Lipinski definition) is 4. The predicted molar refractivity (Wildman–Crippen MR) is 66.2 cm³/mol. The Hall–Kier alpha value is -0.660. The summed E-state index contributed by atoms with van der Waals surface area (Å²) in [7, 11) is -1.39. The van der Waals surface area contributed by atoms with Gasteiger partial charge in [-0.3, -0.25) is 4.79 Å². The van der Waals surface area contributed by atoms with Gasteiger partial charge in [0.1, 0.15) is 0 Å². The van der Waals surface area contributed by atoms with Gasteiger partial charge in [-0.05, 0) is 13.5 Å². The Morgan fingerprint density at radius 3 is 2.29 bits per heavy atom. The van der Waals surface area contributed by atoms with Gasteiger partial charge < -0.3 is 10.2 Å². The van der Waals surface area contributed by atoms with Gasteiger partial charge in [-0.15, -0.1) is 0 Å². The lowest BCUT2D eigenvalue weighted by Gasteiger charge is -2.34. The Morgan fingerprint density at radius 2 is 1.82 bits per heavy atom. The van der Waals surface area contributed by atoms with Crippen molar-refractivity contribution in [3.63, 3.8) is 0 Å². The number of carbonyl (C=O) groups excluding carboxylic acids is 1. The number of sulfonamides is 1. The monoisotopic (exact) mass is 263 g/mol. The molecule has 1 rings (SSSR count). The third kappa shape index (κ3) is 3.93. The zero-order chi connectivity index (χ0) is 12.9. The molecule has 0 atom stereocenters. The molecule has 1 N–H and O–H groups in total. The lowest BCUT2D eigenvalue weighted by atomic mass is 10.3. The van der Waals surface area contributed by atoms with Crippen LogP contribution in [-0.2, 0) is 14.8 Å². The number of likely N-dealkylation sites (N-methyl/N-ethyl adjacent to an activating group) is 1. The normalized spacial score (nSPS) is 18.4.